The lowest BCUT2D eigenvalue weighted by Gasteiger charge is -2.18. The van der Waals surface area contributed by atoms with E-state index in [1.807, 2.05) is 11.8 Å². The number of hydrogen-bond acceptors (Lipinski definition) is 3. The van der Waals surface area contributed by atoms with Crippen LogP contribution in [-0.4, -0.2) is 17.0 Å². The third kappa shape index (κ3) is 4.35. The van der Waals surface area contributed by atoms with E-state index in [-0.39, 0.29) is 16.9 Å². The van der Waals surface area contributed by atoms with Gasteiger partial charge in [-0.2, -0.15) is 11.8 Å². The third-order valence-electron chi connectivity index (χ3n) is 3.57. The first-order valence-corrected chi connectivity index (χ1v) is 8.14. The number of halogens is 2. The lowest BCUT2D eigenvalue weighted by atomic mass is 10.1. The predicted molar refractivity (Wildman–Crippen MR) is 80.9 cm³/mol. The Hall–Kier alpha value is -0.290. The van der Waals surface area contributed by atoms with Crippen LogP contribution in [0.3, 0.4) is 0 Å². The zero-order valence-electron chi connectivity index (χ0n) is 10.9. The monoisotopic (exact) mass is 302 g/mol. The first kappa shape index (κ1) is 15.1. The molecule has 1 aromatic rings. The molecule has 2 nitrogen and oxygen atoms in total. The SMILES string of the molecule is NNC(CSC1CCCC1)Cc1cccc(Cl)c1F. The van der Waals surface area contributed by atoms with Gasteiger partial charge in [0.05, 0.1) is 5.02 Å². The molecule has 3 N–H and O–H groups in total. The molecule has 1 aliphatic carbocycles. The van der Waals surface area contributed by atoms with Crippen molar-refractivity contribution in [1.29, 1.82) is 0 Å². The van der Waals surface area contributed by atoms with E-state index in [4.69, 9.17) is 17.4 Å². The topological polar surface area (TPSA) is 38.0 Å². The van der Waals surface area contributed by atoms with E-state index in [2.05, 4.69) is 5.43 Å². The van der Waals surface area contributed by atoms with Crippen LogP contribution in [0.15, 0.2) is 18.2 Å². The Bertz CT molecular complexity index is 410. The van der Waals surface area contributed by atoms with Crippen LogP contribution in [0, 0.1) is 5.82 Å². The number of hydrazine groups is 1. The van der Waals surface area contributed by atoms with Crippen LogP contribution in [0.2, 0.25) is 5.02 Å². The standard InChI is InChI=1S/C14H20ClFN2S/c15-13-7-3-4-10(14(13)16)8-11(18-17)9-19-12-5-1-2-6-12/h3-4,7,11-12,18H,1-2,5-6,8-9,17H2. The Morgan fingerprint density at radius 1 is 1.42 bits per heavy atom. The molecule has 106 valence electrons. The van der Waals surface area contributed by atoms with Crippen LogP contribution in [0.4, 0.5) is 4.39 Å². The van der Waals surface area contributed by atoms with E-state index < -0.39 is 0 Å². The molecule has 0 aliphatic heterocycles. The zero-order valence-corrected chi connectivity index (χ0v) is 12.4. The van der Waals surface area contributed by atoms with Gasteiger partial charge < -0.3 is 0 Å². The van der Waals surface area contributed by atoms with Gasteiger partial charge in [-0.25, -0.2) is 4.39 Å². The van der Waals surface area contributed by atoms with Gasteiger partial charge >= 0.3 is 0 Å². The summed E-state index contributed by atoms with van der Waals surface area (Å²) in [5, 5.41) is 0.928. The van der Waals surface area contributed by atoms with Crippen LogP contribution in [0.1, 0.15) is 31.2 Å². The highest BCUT2D eigenvalue weighted by Gasteiger charge is 2.18. The Balaban J connectivity index is 1.88. The van der Waals surface area contributed by atoms with E-state index in [1.165, 1.54) is 25.7 Å². The molecule has 0 bridgehead atoms. The maximum Gasteiger partial charge on any atom is 0.145 e. The van der Waals surface area contributed by atoms with Crippen molar-refractivity contribution in [2.75, 3.05) is 5.75 Å². The van der Waals surface area contributed by atoms with Crippen LogP contribution in [-0.2, 0) is 6.42 Å². The second kappa shape index (κ2) is 7.48. The third-order valence-corrected chi connectivity index (χ3v) is 5.40. The van der Waals surface area contributed by atoms with Crippen molar-refractivity contribution in [3.05, 3.63) is 34.6 Å². The summed E-state index contributed by atoms with van der Waals surface area (Å²) >= 11 is 7.74. The van der Waals surface area contributed by atoms with E-state index in [0.29, 0.717) is 12.0 Å². The number of thioether (sulfide) groups is 1. The fraction of sp³-hybridized carbons (Fsp3) is 0.571. The van der Waals surface area contributed by atoms with Crippen molar-refractivity contribution in [1.82, 2.24) is 5.43 Å². The highest BCUT2D eigenvalue weighted by Crippen LogP contribution is 2.30. The van der Waals surface area contributed by atoms with Crippen LogP contribution in [0.5, 0.6) is 0 Å². The number of rotatable bonds is 6. The number of benzene rings is 1. The highest BCUT2D eigenvalue weighted by molar-refractivity contribution is 7.99. The van der Waals surface area contributed by atoms with Crippen molar-refractivity contribution in [2.45, 2.75) is 43.4 Å². The quantitative estimate of drug-likeness (QED) is 0.623. The summed E-state index contributed by atoms with van der Waals surface area (Å²) in [7, 11) is 0. The summed E-state index contributed by atoms with van der Waals surface area (Å²) in [6.45, 7) is 0. The van der Waals surface area contributed by atoms with Gasteiger partial charge in [0, 0.05) is 17.0 Å². The molecule has 1 atom stereocenters. The molecule has 5 heteroatoms. The summed E-state index contributed by atoms with van der Waals surface area (Å²) in [5.74, 6) is 6.16. The molecule has 0 amide bonds. The van der Waals surface area contributed by atoms with Gasteiger partial charge in [0.15, 0.2) is 0 Å². The van der Waals surface area contributed by atoms with Gasteiger partial charge in [0.1, 0.15) is 5.82 Å². The van der Waals surface area contributed by atoms with E-state index in [1.54, 1.807) is 18.2 Å². The van der Waals surface area contributed by atoms with Gasteiger partial charge in [-0.1, -0.05) is 36.6 Å². The first-order chi connectivity index (χ1) is 9.20. The second-order valence-electron chi connectivity index (χ2n) is 5.02. The zero-order chi connectivity index (χ0) is 13.7. The summed E-state index contributed by atoms with van der Waals surface area (Å²) < 4.78 is 13.8. The average Bonchev–Trinajstić information content (AvgIpc) is 2.92. The minimum absolute atomic E-state index is 0.0820. The summed E-state index contributed by atoms with van der Waals surface area (Å²) in [4.78, 5) is 0. The van der Waals surface area contributed by atoms with E-state index in [0.717, 1.165) is 11.0 Å². The Morgan fingerprint density at radius 2 is 2.16 bits per heavy atom. The molecule has 1 aromatic carbocycles. The fourth-order valence-electron chi connectivity index (χ4n) is 2.44. The molecular weight excluding hydrogens is 283 g/mol. The molecule has 0 aromatic heterocycles. The van der Waals surface area contributed by atoms with Gasteiger partial charge in [-0.15, -0.1) is 0 Å². The lowest BCUT2D eigenvalue weighted by molar-refractivity contribution is 0.546. The van der Waals surface area contributed by atoms with Gasteiger partial charge in [-0.05, 0) is 30.9 Å². The first-order valence-electron chi connectivity index (χ1n) is 6.71. The average molecular weight is 303 g/mol. The Kier molecular flexibility index (Phi) is 5.95. The normalized spacial score (nSPS) is 17.8. The fourth-order valence-corrected chi connectivity index (χ4v) is 4.02. The molecule has 0 radical (unpaired) electrons. The van der Waals surface area contributed by atoms with Crippen LogP contribution < -0.4 is 11.3 Å². The highest BCUT2D eigenvalue weighted by atomic mass is 35.5. The van der Waals surface area contributed by atoms with Gasteiger partial charge in [0.25, 0.3) is 0 Å². The smallest absolute Gasteiger partial charge is 0.145 e. The minimum Gasteiger partial charge on any atom is -0.271 e. The molecule has 1 saturated carbocycles. The van der Waals surface area contributed by atoms with Crippen molar-refractivity contribution in [3.63, 3.8) is 0 Å². The number of nitrogens with two attached hydrogens (primary N) is 1. The Morgan fingerprint density at radius 3 is 2.84 bits per heavy atom. The molecule has 0 spiro atoms. The lowest BCUT2D eigenvalue weighted by Crippen LogP contribution is -2.39. The Labute approximate surface area is 123 Å². The molecule has 0 heterocycles. The van der Waals surface area contributed by atoms with Crippen molar-refractivity contribution in [3.8, 4) is 0 Å². The van der Waals surface area contributed by atoms with E-state index in [9.17, 15) is 4.39 Å². The summed E-state index contributed by atoms with van der Waals surface area (Å²) in [5.41, 5.74) is 3.42. The van der Waals surface area contributed by atoms with Crippen molar-refractivity contribution < 1.29 is 4.39 Å². The molecule has 19 heavy (non-hydrogen) atoms. The van der Waals surface area contributed by atoms with Crippen LogP contribution >= 0.6 is 23.4 Å². The maximum atomic E-state index is 13.8. The molecule has 2 rings (SSSR count). The van der Waals surface area contributed by atoms with Gasteiger partial charge in [0.2, 0.25) is 0 Å². The van der Waals surface area contributed by atoms with Gasteiger partial charge in [-0.3, -0.25) is 11.3 Å². The second-order valence-corrected chi connectivity index (χ2v) is 6.76. The summed E-state index contributed by atoms with van der Waals surface area (Å²) in [6.07, 6.45) is 5.84. The molecule has 1 aliphatic rings. The van der Waals surface area contributed by atoms with Crippen molar-refractivity contribution >= 4 is 23.4 Å². The molecule has 1 fully saturated rings. The number of hydrogen-bond donors (Lipinski definition) is 2. The maximum absolute atomic E-state index is 13.8. The molecular formula is C14H20ClFN2S. The summed E-state index contributed by atoms with van der Waals surface area (Å²) in [6, 6.07) is 5.20. The predicted octanol–water partition coefficient (Wildman–Crippen LogP) is 3.53. The minimum atomic E-state index is -0.324. The van der Waals surface area contributed by atoms with Crippen molar-refractivity contribution in [2.24, 2.45) is 5.84 Å². The number of nitrogens with one attached hydrogen (secondary N) is 1. The molecule has 1 unspecified atom stereocenters. The largest absolute Gasteiger partial charge is 0.271 e. The molecule has 0 saturated heterocycles. The van der Waals surface area contributed by atoms with E-state index >= 15 is 0 Å². The van der Waals surface area contributed by atoms with Crippen LogP contribution in [0.25, 0.3) is 0 Å².